The summed E-state index contributed by atoms with van der Waals surface area (Å²) in [6, 6.07) is 6.41. The number of carbonyl (C=O) groups is 2. The Balaban J connectivity index is 2.18. The standard InChI is InChI=1S/C15H18ClNO3/c1-15(14(19)20)9-5-4-8-12(15)17-13(18)10-6-2-3-7-11(10)16/h2-3,6-7,12H,4-5,8-9H2,1H3,(H,17,18)(H,19,20). The Morgan fingerprint density at radius 2 is 2.05 bits per heavy atom. The van der Waals surface area contributed by atoms with Gasteiger partial charge in [0.2, 0.25) is 0 Å². The lowest BCUT2D eigenvalue weighted by molar-refractivity contribution is -0.151. The van der Waals surface area contributed by atoms with Crippen LogP contribution in [0.3, 0.4) is 0 Å². The minimum absolute atomic E-state index is 0.310. The number of hydrogen-bond acceptors (Lipinski definition) is 2. The quantitative estimate of drug-likeness (QED) is 0.900. The number of halogens is 1. The van der Waals surface area contributed by atoms with Crippen molar-refractivity contribution in [2.45, 2.75) is 38.6 Å². The van der Waals surface area contributed by atoms with E-state index in [0.717, 1.165) is 12.8 Å². The molecule has 4 nitrogen and oxygen atoms in total. The second kappa shape index (κ2) is 5.83. The van der Waals surface area contributed by atoms with Gasteiger partial charge in [-0.2, -0.15) is 0 Å². The maximum Gasteiger partial charge on any atom is 0.311 e. The molecule has 1 aliphatic rings. The number of aliphatic carboxylic acids is 1. The first-order chi connectivity index (χ1) is 9.45. The summed E-state index contributed by atoms with van der Waals surface area (Å²) in [5.41, 5.74) is -0.526. The van der Waals surface area contributed by atoms with Crippen LogP contribution in [0, 0.1) is 5.41 Å². The summed E-state index contributed by atoms with van der Waals surface area (Å²) in [5.74, 6) is -1.17. The van der Waals surface area contributed by atoms with E-state index in [1.165, 1.54) is 0 Å². The van der Waals surface area contributed by atoms with E-state index in [1.807, 2.05) is 0 Å². The van der Waals surface area contributed by atoms with Crippen LogP contribution in [0.2, 0.25) is 5.02 Å². The van der Waals surface area contributed by atoms with Crippen molar-refractivity contribution in [2.24, 2.45) is 5.41 Å². The van der Waals surface area contributed by atoms with E-state index >= 15 is 0 Å². The van der Waals surface area contributed by atoms with Gasteiger partial charge < -0.3 is 10.4 Å². The zero-order valence-electron chi connectivity index (χ0n) is 11.4. The highest BCUT2D eigenvalue weighted by molar-refractivity contribution is 6.33. The second-order valence-electron chi connectivity index (χ2n) is 5.47. The molecular formula is C15H18ClNO3. The molecule has 0 aromatic heterocycles. The Bertz CT molecular complexity index is 532. The van der Waals surface area contributed by atoms with Crippen LogP contribution < -0.4 is 5.32 Å². The first-order valence-electron chi connectivity index (χ1n) is 6.74. The molecule has 0 radical (unpaired) electrons. The average molecular weight is 296 g/mol. The van der Waals surface area contributed by atoms with Gasteiger partial charge in [0.1, 0.15) is 0 Å². The highest BCUT2D eigenvalue weighted by Gasteiger charge is 2.43. The third-order valence-corrected chi connectivity index (χ3v) is 4.45. The summed E-state index contributed by atoms with van der Waals surface area (Å²) < 4.78 is 0. The topological polar surface area (TPSA) is 66.4 Å². The van der Waals surface area contributed by atoms with Gasteiger partial charge in [-0.1, -0.05) is 36.6 Å². The molecule has 2 atom stereocenters. The fourth-order valence-electron chi connectivity index (χ4n) is 2.70. The van der Waals surface area contributed by atoms with Crippen LogP contribution in [0.5, 0.6) is 0 Å². The third-order valence-electron chi connectivity index (χ3n) is 4.12. The number of carboxylic acid groups (broad SMARTS) is 1. The molecule has 2 N–H and O–H groups in total. The molecule has 0 spiro atoms. The molecule has 5 heteroatoms. The number of nitrogens with one attached hydrogen (secondary N) is 1. The number of carboxylic acids is 1. The molecule has 1 saturated carbocycles. The van der Waals surface area contributed by atoms with Crippen molar-refractivity contribution in [3.63, 3.8) is 0 Å². The zero-order valence-corrected chi connectivity index (χ0v) is 12.1. The summed E-state index contributed by atoms with van der Waals surface area (Å²) in [5, 5.41) is 12.6. The van der Waals surface area contributed by atoms with Gasteiger partial charge in [-0.3, -0.25) is 9.59 Å². The van der Waals surface area contributed by atoms with Gasteiger partial charge in [0, 0.05) is 6.04 Å². The molecule has 108 valence electrons. The van der Waals surface area contributed by atoms with Gasteiger partial charge in [-0.05, 0) is 31.9 Å². The van der Waals surface area contributed by atoms with Crippen molar-refractivity contribution in [3.8, 4) is 0 Å². The molecule has 1 amide bonds. The van der Waals surface area contributed by atoms with Gasteiger partial charge in [-0.25, -0.2) is 0 Å². The number of carbonyl (C=O) groups excluding carboxylic acids is 1. The molecule has 0 bridgehead atoms. The molecule has 1 aromatic rings. The normalized spacial score (nSPS) is 26.0. The van der Waals surface area contributed by atoms with E-state index in [1.54, 1.807) is 31.2 Å². The van der Waals surface area contributed by atoms with E-state index in [9.17, 15) is 14.7 Å². The number of amides is 1. The van der Waals surface area contributed by atoms with Crippen LogP contribution in [-0.4, -0.2) is 23.0 Å². The average Bonchev–Trinajstić information content (AvgIpc) is 2.41. The van der Waals surface area contributed by atoms with Crippen LogP contribution in [0.1, 0.15) is 43.0 Å². The molecule has 2 rings (SSSR count). The molecule has 1 fully saturated rings. The van der Waals surface area contributed by atoms with Crippen molar-refractivity contribution < 1.29 is 14.7 Å². The summed E-state index contributed by atoms with van der Waals surface area (Å²) >= 11 is 5.99. The van der Waals surface area contributed by atoms with E-state index in [2.05, 4.69) is 5.32 Å². The molecule has 1 aromatic carbocycles. The molecule has 0 saturated heterocycles. The first-order valence-corrected chi connectivity index (χ1v) is 7.12. The van der Waals surface area contributed by atoms with Crippen molar-refractivity contribution >= 4 is 23.5 Å². The largest absolute Gasteiger partial charge is 0.481 e. The predicted molar refractivity (Wildman–Crippen MR) is 76.9 cm³/mol. The molecule has 1 aliphatic carbocycles. The van der Waals surface area contributed by atoms with Gasteiger partial charge in [-0.15, -0.1) is 0 Å². The lowest BCUT2D eigenvalue weighted by Gasteiger charge is -2.38. The van der Waals surface area contributed by atoms with E-state index in [4.69, 9.17) is 11.6 Å². The minimum Gasteiger partial charge on any atom is -0.481 e. The molecule has 2 unspecified atom stereocenters. The number of rotatable bonds is 3. The maximum atomic E-state index is 12.3. The molecule has 0 heterocycles. The van der Waals surface area contributed by atoms with E-state index < -0.39 is 11.4 Å². The van der Waals surface area contributed by atoms with Gasteiger partial charge >= 0.3 is 5.97 Å². The van der Waals surface area contributed by atoms with Crippen LogP contribution in [0.25, 0.3) is 0 Å². The zero-order chi connectivity index (χ0) is 14.8. The fourth-order valence-corrected chi connectivity index (χ4v) is 2.92. The third kappa shape index (κ3) is 2.80. The molecule has 20 heavy (non-hydrogen) atoms. The van der Waals surface area contributed by atoms with Gasteiger partial charge in [0.25, 0.3) is 5.91 Å². The summed E-state index contributed by atoms with van der Waals surface area (Å²) in [7, 11) is 0. The SMILES string of the molecule is CC1(C(=O)O)CCCCC1NC(=O)c1ccccc1Cl. The first kappa shape index (κ1) is 14.9. The summed E-state index contributed by atoms with van der Waals surface area (Å²) in [4.78, 5) is 23.7. The smallest absolute Gasteiger partial charge is 0.311 e. The monoisotopic (exact) mass is 295 g/mol. The summed E-state index contributed by atoms with van der Waals surface area (Å²) in [6.07, 6.45) is 3.06. The van der Waals surface area contributed by atoms with Gasteiger partial charge in [0.15, 0.2) is 0 Å². The Morgan fingerprint density at radius 3 is 2.70 bits per heavy atom. The van der Waals surface area contributed by atoms with E-state index in [-0.39, 0.29) is 11.9 Å². The van der Waals surface area contributed by atoms with E-state index in [0.29, 0.717) is 23.4 Å². The highest BCUT2D eigenvalue weighted by atomic mass is 35.5. The van der Waals surface area contributed by atoms with Gasteiger partial charge in [0.05, 0.1) is 16.0 Å². The van der Waals surface area contributed by atoms with Crippen LogP contribution >= 0.6 is 11.6 Å². The maximum absolute atomic E-state index is 12.3. The lowest BCUT2D eigenvalue weighted by Crippen LogP contribution is -2.52. The van der Waals surface area contributed by atoms with Crippen LogP contribution in [0.4, 0.5) is 0 Å². The summed E-state index contributed by atoms with van der Waals surface area (Å²) in [6.45, 7) is 1.70. The van der Waals surface area contributed by atoms with Crippen molar-refractivity contribution in [1.82, 2.24) is 5.32 Å². The number of benzene rings is 1. The molecular weight excluding hydrogens is 278 g/mol. The Hall–Kier alpha value is -1.55. The van der Waals surface area contributed by atoms with Crippen molar-refractivity contribution in [2.75, 3.05) is 0 Å². The van der Waals surface area contributed by atoms with Crippen LogP contribution in [0.15, 0.2) is 24.3 Å². The Labute approximate surface area is 123 Å². The lowest BCUT2D eigenvalue weighted by atomic mass is 9.71. The van der Waals surface area contributed by atoms with Crippen molar-refractivity contribution in [1.29, 1.82) is 0 Å². The number of hydrogen-bond donors (Lipinski definition) is 2. The second-order valence-corrected chi connectivity index (χ2v) is 5.88. The minimum atomic E-state index is -0.908. The van der Waals surface area contributed by atoms with Crippen molar-refractivity contribution in [3.05, 3.63) is 34.9 Å². The Kier molecular flexibility index (Phi) is 4.33. The van der Waals surface area contributed by atoms with Crippen LogP contribution in [-0.2, 0) is 4.79 Å². The Morgan fingerprint density at radius 1 is 1.35 bits per heavy atom. The highest BCUT2D eigenvalue weighted by Crippen LogP contribution is 2.36. The predicted octanol–water partition coefficient (Wildman–Crippen LogP) is 3.10. The fraction of sp³-hybridized carbons (Fsp3) is 0.467. The molecule has 0 aliphatic heterocycles.